The van der Waals surface area contributed by atoms with Crippen LogP contribution in [0.25, 0.3) is 0 Å². The van der Waals surface area contributed by atoms with Crippen molar-refractivity contribution in [3.8, 4) is 5.75 Å². The summed E-state index contributed by atoms with van der Waals surface area (Å²) in [7, 11) is -3.63. The predicted molar refractivity (Wildman–Crippen MR) is 175 cm³/mol. The number of nitrogens with zero attached hydrogens (tertiary/aromatic N) is 2. The number of halogens is 1. The Labute approximate surface area is 266 Å². The van der Waals surface area contributed by atoms with Gasteiger partial charge < -0.3 is 15.0 Å². The molecule has 0 aliphatic heterocycles. The molecule has 3 aromatic carbocycles. The maximum Gasteiger partial charge on any atom is 0.243 e. The fraction of sp³-hybridized carbons (Fsp3) is 0.429. The number of benzene rings is 3. The van der Waals surface area contributed by atoms with Crippen molar-refractivity contribution in [3.63, 3.8) is 0 Å². The van der Waals surface area contributed by atoms with E-state index >= 15 is 0 Å². The van der Waals surface area contributed by atoms with E-state index in [1.165, 1.54) is 16.4 Å². The Morgan fingerprint density at radius 3 is 2.22 bits per heavy atom. The van der Waals surface area contributed by atoms with Crippen LogP contribution in [0.4, 0.5) is 10.1 Å². The lowest BCUT2D eigenvalue weighted by molar-refractivity contribution is -0.141. The Hall–Kier alpha value is -3.92. The van der Waals surface area contributed by atoms with Crippen molar-refractivity contribution in [3.05, 3.63) is 95.8 Å². The van der Waals surface area contributed by atoms with Crippen molar-refractivity contribution in [2.24, 2.45) is 0 Å². The Kier molecular flexibility index (Phi) is 12.4. The molecule has 10 heteroatoms. The van der Waals surface area contributed by atoms with Crippen LogP contribution in [0.2, 0.25) is 0 Å². The molecule has 1 atom stereocenters. The van der Waals surface area contributed by atoms with Crippen LogP contribution in [-0.4, -0.2) is 56.6 Å². The monoisotopic (exact) mass is 637 g/mol. The highest BCUT2D eigenvalue weighted by Crippen LogP contribution is 2.24. The molecule has 1 saturated carbocycles. The van der Waals surface area contributed by atoms with Gasteiger partial charge in [-0.05, 0) is 73.7 Å². The van der Waals surface area contributed by atoms with E-state index in [0.29, 0.717) is 30.0 Å². The third-order valence-corrected chi connectivity index (χ3v) is 9.27. The van der Waals surface area contributed by atoms with Gasteiger partial charge in [0.1, 0.15) is 17.6 Å². The maximum absolute atomic E-state index is 14.0. The minimum Gasteiger partial charge on any atom is -0.494 e. The first-order valence-electron chi connectivity index (χ1n) is 15.7. The molecule has 2 amide bonds. The minimum atomic E-state index is -3.63. The third-order valence-electron chi connectivity index (χ3n) is 8.08. The average Bonchev–Trinajstić information content (AvgIpc) is 3.03. The lowest BCUT2D eigenvalue weighted by Gasteiger charge is -2.34. The molecular formula is C35H44FN3O5S. The molecule has 0 heterocycles. The molecule has 0 radical (unpaired) electrons. The molecule has 1 aliphatic carbocycles. The number of hydrogen-bond donors (Lipinski definition) is 1. The molecule has 0 unspecified atom stereocenters. The quantitative estimate of drug-likeness (QED) is 0.225. The van der Waals surface area contributed by atoms with Gasteiger partial charge in [0.15, 0.2) is 0 Å². The first-order chi connectivity index (χ1) is 21.6. The van der Waals surface area contributed by atoms with E-state index in [9.17, 15) is 22.4 Å². The molecule has 45 heavy (non-hydrogen) atoms. The first kappa shape index (κ1) is 34.0. The summed E-state index contributed by atoms with van der Waals surface area (Å²) in [6.07, 6.45) is 6.77. The fourth-order valence-corrected chi connectivity index (χ4v) is 6.73. The second-order valence-electron chi connectivity index (χ2n) is 11.6. The number of sulfonamides is 1. The third kappa shape index (κ3) is 10.3. The van der Waals surface area contributed by atoms with Gasteiger partial charge in [-0.15, -0.1) is 0 Å². The van der Waals surface area contributed by atoms with Crippen LogP contribution in [0.5, 0.6) is 5.75 Å². The summed E-state index contributed by atoms with van der Waals surface area (Å²) in [6.45, 7) is 2.57. The molecule has 0 bridgehead atoms. The zero-order valence-electron chi connectivity index (χ0n) is 26.2. The summed E-state index contributed by atoms with van der Waals surface area (Å²) in [6, 6.07) is 21.5. The Balaban J connectivity index is 1.56. The molecule has 1 aliphatic rings. The molecule has 242 valence electrons. The molecule has 8 nitrogen and oxygen atoms in total. The second-order valence-corrected chi connectivity index (χ2v) is 13.5. The van der Waals surface area contributed by atoms with Crippen molar-refractivity contribution in [1.82, 2.24) is 10.2 Å². The van der Waals surface area contributed by atoms with Gasteiger partial charge in [-0.3, -0.25) is 13.9 Å². The van der Waals surface area contributed by atoms with Gasteiger partial charge in [0.2, 0.25) is 21.8 Å². The van der Waals surface area contributed by atoms with Crippen LogP contribution in [0.1, 0.15) is 63.0 Å². The summed E-state index contributed by atoms with van der Waals surface area (Å²) in [5.74, 6) is -0.243. The molecule has 3 aromatic rings. The molecule has 0 spiro atoms. The topological polar surface area (TPSA) is 96.0 Å². The number of hydrogen-bond acceptors (Lipinski definition) is 5. The van der Waals surface area contributed by atoms with E-state index in [0.717, 1.165) is 43.9 Å². The van der Waals surface area contributed by atoms with Gasteiger partial charge in [0.05, 0.1) is 18.6 Å². The molecular weight excluding hydrogens is 593 g/mol. The van der Waals surface area contributed by atoms with Crippen molar-refractivity contribution in [1.29, 1.82) is 0 Å². The van der Waals surface area contributed by atoms with E-state index < -0.39 is 16.1 Å². The molecule has 1 N–H and O–H groups in total. The summed E-state index contributed by atoms with van der Waals surface area (Å²) < 4.78 is 46.0. The van der Waals surface area contributed by atoms with Gasteiger partial charge in [0.25, 0.3) is 0 Å². The second kappa shape index (κ2) is 16.4. The van der Waals surface area contributed by atoms with Crippen molar-refractivity contribution in [2.45, 2.75) is 76.9 Å². The highest BCUT2D eigenvalue weighted by molar-refractivity contribution is 7.92. The van der Waals surface area contributed by atoms with E-state index in [1.807, 2.05) is 37.3 Å². The zero-order chi connectivity index (χ0) is 32.2. The lowest BCUT2D eigenvalue weighted by Crippen LogP contribution is -2.52. The highest BCUT2D eigenvalue weighted by Gasteiger charge is 2.32. The Morgan fingerprint density at radius 1 is 0.933 bits per heavy atom. The van der Waals surface area contributed by atoms with Gasteiger partial charge in [-0.1, -0.05) is 61.7 Å². The van der Waals surface area contributed by atoms with Crippen LogP contribution >= 0.6 is 0 Å². The highest BCUT2D eigenvalue weighted by atomic mass is 32.2. The van der Waals surface area contributed by atoms with Crippen LogP contribution in [-0.2, 0) is 32.6 Å². The van der Waals surface area contributed by atoms with Gasteiger partial charge in [-0.2, -0.15) is 0 Å². The van der Waals surface area contributed by atoms with Crippen LogP contribution < -0.4 is 14.4 Å². The summed E-state index contributed by atoms with van der Waals surface area (Å²) in [5.41, 5.74) is 2.09. The van der Waals surface area contributed by atoms with Crippen molar-refractivity contribution < 1.29 is 27.1 Å². The van der Waals surface area contributed by atoms with E-state index in [1.54, 1.807) is 41.3 Å². The summed E-state index contributed by atoms with van der Waals surface area (Å²) in [5, 5.41) is 3.21. The van der Waals surface area contributed by atoms with E-state index in [4.69, 9.17) is 4.74 Å². The van der Waals surface area contributed by atoms with Gasteiger partial charge in [-0.25, -0.2) is 12.8 Å². The number of rotatable bonds is 15. The Morgan fingerprint density at radius 2 is 1.60 bits per heavy atom. The number of ether oxygens (including phenoxy) is 1. The summed E-state index contributed by atoms with van der Waals surface area (Å²) >= 11 is 0. The predicted octanol–water partition coefficient (Wildman–Crippen LogP) is 5.86. The Bertz CT molecular complexity index is 1480. The standard InChI is InChI=1S/C35H44FN3O5S/c1-3-44-32-22-20-31(21-23-32)39(45(2,42)43)24-10-15-34(40)38(26-28-16-18-29(36)19-17-28)33(25-27-11-6-4-7-12-27)35(41)37-30-13-8-5-9-14-30/h4,6-7,11-12,16-23,30,33H,3,5,8-10,13-15,24-26H2,1-2H3,(H,37,41)/t33-/m0/s1. The first-order valence-corrected chi connectivity index (χ1v) is 17.6. The minimum absolute atomic E-state index is 0.0201. The largest absolute Gasteiger partial charge is 0.494 e. The fourth-order valence-electron chi connectivity index (χ4n) is 5.76. The van der Waals surface area contributed by atoms with E-state index in [2.05, 4.69) is 5.32 Å². The van der Waals surface area contributed by atoms with Crippen LogP contribution in [0.15, 0.2) is 78.9 Å². The van der Waals surface area contributed by atoms with Crippen LogP contribution in [0, 0.1) is 5.82 Å². The van der Waals surface area contributed by atoms with Crippen LogP contribution in [0.3, 0.4) is 0 Å². The van der Waals surface area contributed by atoms with E-state index in [-0.39, 0.29) is 49.6 Å². The number of carbonyl (C=O) groups excluding carboxylic acids is 2. The SMILES string of the molecule is CCOc1ccc(N(CCCC(=O)N(Cc2ccc(F)cc2)[C@@H](Cc2ccccc2)C(=O)NC2CCCCC2)S(C)(=O)=O)cc1. The number of carbonyl (C=O) groups is 2. The van der Waals surface area contributed by atoms with Gasteiger partial charge >= 0.3 is 0 Å². The van der Waals surface area contributed by atoms with Crippen molar-refractivity contribution >= 4 is 27.5 Å². The maximum atomic E-state index is 14.0. The molecule has 0 aromatic heterocycles. The smallest absolute Gasteiger partial charge is 0.243 e. The number of nitrogens with one attached hydrogen (secondary N) is 1. The molecule has 0 saturated heterocycles. The van der Waals surface area contributed by atoms with Crippen molar-refractivity contribution in [2.75, 3.05) is 23.7 Å². The normalized spacial score (nSPS) is 14.4. The number of amides is 2. The molecule has 1 fully saturated rings. The molecule has 4 rings (SSSR count). The summed E-state index contributed by atoms with van der Waals surface area (Å²) in [4.78, 5) is 29.5. The zero-order valence-corrected chi connectivity index (χ0v) is 27.0. The number of anilines is 1. The van der Waals surface area contributed by atoms with Gasteiger partial charge in [0, 0.05) is 32.0 Å². The average molecular weight is 638 g/mol. The lowest BCUT2D eigenvalue weighted by atomic mass is 9.94.